The summed E-state index contributed by atoms with van der Waals surface area (Å²) < 4.78 is 23.3. The van der Waals surface area contributed by atoms with Gasteiger partial charge in [0.25, 0.3) is 0 Å². The van der Waals surface area contributed by atoms with Gasteiger partial charge in [0.05, 0.1) is 11.5 Å². The second-order valence-electron chi connectivity index (χ2n) is 6.03. The average molecular weight is 259 g/mol. The van der Waals surface area contributed by atoms with E-state index >= 15 is 0 Å². The Balaban J connectivity index is 1.95. The van der Waals surface area contributed by atoms with Gasteiger partial charge in [-0.05, 0) is 37.5 Å². The van der Waals surface area contributed by atoms with E-state index in [-0.39, 0.29) is 6.04 Å². The molecule has 1 aliphatic heterocycles. The van der Waals surface area contributed by atoms with Gasteiger partial charge in [-0.15, -0.1) is 0 Å². The van der Waals surface area contributed by atoms with Crippen LogP contribution in [0.1, 0.15) is 46.0 Å². The van der Waals surface area contributed by atoms with Crippen LogP contribution in [0.15, 0.2) is 0 Å². The van der Waals surface area contributed by atoms with Gasteiger partial charge in [-0.1, -0.05) is 20.3 Å². The van der Waals surface area contributed by atoms with E-state index < -0.39 is 9.84 Å². The van der Waals surface area contributed by atoms with E-state index in [1.165, 1.54) is 19.3 Å². The fourth-order valence-corrected chi connectivity index (χ4v) is 5.09. The lowest BCUT2D eigenvalue weighted by Crippen LogP contribution is -2.51. The van der Waals surface area contributed by atoms with Gasteiger partial charge < -0.3 is 5.32 Å². The molecule has 17 heavy (non-hydrogen) atoms. The van der Waals surface area contributed by atoms with E-state index in [9.17, 15) is 8.42 Å². The maximum atomic E-state index is 11.6. The molecule has 3 unspecified atom stereocenters. The zero-order chi connectivity index (χ0) is 12.5. The maximum Gasteiger partial charge on any atom is 0.151 e. The van der Waals surface area contributed by atoms with E-state index in [2.05, 4.69) is 19.2 Å². The van der Waals surface area contributed by atoms with Crippen LogP contribution in [0.3, 0.4) is 0 Å². The van der Waals surface area contributed by atoms with Gasteiger partial charge in [-0.3, -0.25) is 0 Å². The van der Waals surface area contributed by atoms with Crippen molar-refractivity contribution >= 4 is 9.84 Å². The summed E-state index contributed by atoms with van der Waals surface area (Å²) in [7, 11) is -2.78. The lowest BCUT2D eigenvalue weighted by atomic mass is 9.78. The van der Waals surface area contributed by atoms with Crippen molar-refractivity contribution < 1.29 is 8.42 Å². The van der Waals surface area contributed by atoms with E-state index in [0.29, 0.717) is 29.4 Å². The number of sulfone groups is 1. The number of hydrogen-bond donors (Lipinski definition) is 1. The third-order valence-corrected chi connectivity index (χ3v) is 6.26. The summed E-state index contributed by atoms with van der Waals surface area (Å²) in [6, 6.07) is 0.712. The van der Waals surface area contributed by atoms with Gasteiger partial charge in [-0.25, -0.2) is 8.42 Å². The average Bonchev–Trinajstić information content (AvgIpc) is 2.22. The first kappa shape index (κ1) is 13.3. The Morgan fingerprint density at radius 2 is 1.65 bits per heavy atom. The van der Waals surface area contributed by atoms with Crippen LogP contribution in [0.25, 0.3) is 0 Å². The Hall–Kier alpha value is -0.0900. The minimum absolute atomic E-state index is 0.196. The lowest BCUT2D eigenvalue weighted by Gasteiger charge is -2.38. The highest BCUT2D eigenvalue weighted by Crippen LogP contribution is 2.29. The van der Waals surface area contributed by atoms with E-state index in [4.69, 9.17) is 0 Å². The van der Waals surface area contributed by atoms with Crippen LogP contribution in [-0.2, 0) is 9.84 Å². The highest BCUT2D eigenvalue weighted by Gasteiger charge is 2.32. The standard InChI is InChI=1S/C13H25NO2S/c1-10-5-3-6-11(2)13(10)14-12-7-4-8-17(15,16)9-12/h10-14H,3-9H2,1-2H3. The number of hydrogen-bond acceptors (Lipinski definition) is 3. The Morgan fingerprint density at radius 3 is 2.24 bits per heavy atom. The topological polar surface area (TPSA) is 46.2 Å². The molecule has 0 aromatic heterocycles. The fourth-order valence-electron chi connectivity index (χ4n) is 3.44. The van der Waals surface area contributed by atoms with Crippen LogP contribution in [-0.4, -0.2) is 32.0 Å². The van der Waals surface area contributed by atoms with Gasteiger partial charge in [-0.2, -0.15) is 0 Å². The molecule has 0 bridgehead atoms. The van der Waals surface area contributed by atoms with Crippen molar-refractivity contribution in [2.24, 2.45) is 11.8 Å². The Kier molecular flexibility index (Phi) is 4.14. The van der Waals surface area contributed by atoms with E-state index in [1.54, 1.807) is 0 Å². The van der Waals surface area contributed by atoms with Crippen molar-refractivity contribution in [1.29, 1.82) is 0 Å². The zero-order valence-electron chi connectivity index (χ0n) is 11.0. The largest absolute Gasteiger partial charge is 0.310 e. The van der Waals surface area contributed by atoms with Crippen LogP contribution >= 0.6 is 0 Å². The van der Waals surface area contributed by atoms with Gasteiger partial charge in [0.2, 0.25) is 0 Å². The minimum atomic E-state index is -2.78. The molecule has 1 saturated heterocycles. The summed E-state index contributed by atoms with van der Waals surface area (Å²) >= 11 is 0. The van der Waals surface area contributed by atoms with Crippen molar-refractivity contribution in [2.75, 3.05) is 11.5 Å². The molecule has 0 aromatic rings. The molecule has 1 saturated carbocycles. The second-order valence-corrected chi connectivity index (χ2v) is 8.26. The van der Waals surface area contributed by atoms with Crippen molar-refractivity contribution in [1.82, 2.24) is 5.32 Å². The highest BCUT2D eigenvalue weighted by molar-refractivity contribution is 7.91. The quantitative estimate of drug-likeness (QED) is 0.825. The van der Waals surface area contributed by atoms with Gasteiger partial charge in [0.15, 0.2) is 9.84 Å². The molecule has 4 heteroatoms. The molecule has 0 spiro atoms. The monoisotopic (exact) mass is 259 g/mol. The summed E-state index contributed by atoms with van der Waals surface area (Å²) in [4.78, 5) is 0. The molecule has 3 nitrogen and oxygen atoms in total. The smallest absolute Gasteiger partial charge is 0.151 e. The fraction of sp³-hybridized carbons (Fsp3) is 1.00. The third-order valence-electron chi connectivity index (χ3n) is 4.44. The van der Waals surface area contributed by atoms with E-state index in [0.717, 1.165) is 12.8 Å². The van der Waals surface area contributed by atoms with Crippen LogP contribution in [0.4, 0.5) is 0 Å². The molecular formula is C13H25NO2S. The summed E-state index contributed by atoms with van der Waals surface area (Å²) in [6.07, 6.45) is 5.73. The molecule has 2 aliphatic rings. The third kappa shape index (κ3) is 3.44. The van der Waals surface area contributed by atoms with Crippen LogP contribution in [0, 0.1) is 11.8 Å². The van der Waals surface area contributed by atoms with Gasteiger partial charge >= 0.3 is 0 Å². The second kappa shape index (κ2) is 5.27. The van der Waals surface area contributed by atoms with Crippen LogP contribution in [0.5, 0.6) is 0 Å². The Labute approximate surface area is 105 Å². The van der Waals surface area contributed by atoms with Gasteiger partial charge in [0, 0.05) is 12.1 Å². The first-order valence-electron chi connectivity index (χ1n) is 6.94. The molecule has 1 aliphatic carbocycles. The molecule has 1 heterocycles. The summed E-state index contributed by atoms with van der Waals surface area (Å²) in [5, 5.41) is 3.63. The summed E-state index contributed by atoms with van der Waals surface area (Å²) in [5.74, 6) is 2.11. The molecule has 2 fully saturated rings. The van der Waals surface area contributed by atoms with Gasteiger partial charge in [0.1, 0.15) is 0 Å². The molecule has 3 atom stereocenters. The summed E-state index contributed by atoms with van der Waals surface area (Å²) in [6.45, 7) is 4.59. The van der Waals surface area contributed by atoms with Crippen LogP contribution < -0.4 is 5.32 Å². The van der Waals surface area contributed by atoms with E-state index in [1.807, 2.05) is 0 Å². The van der Waals surface area contributed by atoms with Crippen molar-refractivity contribution in [3.63, 3.8) is 0 Å². The normalized spacial score (nSPS) is 42.2. The Bertz CT molecular complexity index is 342. The maximum absolute atomic E-state index is 11.6. The Morgan fingerprint density at radius 1 is 1.00 bits per heavy atom. The molecule has 1 N–H and O–H groups in total. The molecule has 0 radical (unpaired) electrons. The predicted octanol–water partition coefficient (Wildman–Crippen LogP) is 1.98. The molecular weight excluding hydrogens is 234 g/mol. The molecule has 0 aromatic carbocycles. The minimum Gasteiger partial charge on any atom is -0.310 e. The predicted molar refractivity (Wildman–Crippen MR) is 70.8 cm³/mol. The van der Waals surface area contributed by atoms with Crippen LogP contribution in [0.2, 0.25) is 0 Å². The SMILES string of the molecule is CC1CCCC(C)C1NC1CCCS(=O)(=O)C1. The number of rotatable bonds is 2. The molecule has 0 amide bonds. The number of nitrogens with one attached hydrogen (secondary N) is 1. The van der Waals surface area contributed by atoms with Crippen molar-refractivity contribution in [3.8, 4) is 0 Å². The highest BCUT2D eigenvalue weighted by atomic mass is 32.2. The van der Waals surface area contributed by atoms with Crippen molar-refractivity contribution in [3.05, 3.63) is 0 Å². The lowest BCUT2D eigenvalue weighted by molar-refractivity contribution is 0.192. The molecule has 100 valence electrons. The molecule has 2 rings (SSSR count). The van der Waals surface area contributed by atoms with Crippen molar-refractivity contribution in [2.45, 2.75) is 58.0 Å². The zero-order valence-corrected chi connectivity index (χ0v) is 11.8. The summed E-state index contributed by atoms with van der Waals surface area (Å²) in [5.41, 5.74) is 0. The first-order valence-corrected chi connectivity index (χ1v) is 8.76. The first-order chi connectivity index (χ1) is 7.98.